The lowest BCUT2D eigenvalue weighted by atomic mass is 9.87. The number of hydrogen-bond donors (Lipinski definition) is 2. The van der Waals surface area contributed by atoms with E-state index in [1.807, 2.05) is 12.1 Å². The maximum atomic E-state index is 9.58. The highest BCUT2D eigenvalue weighted by Gasteiger charge is 2.36. The molecule has 4 nitrogen and oxygen atoms in total. The van der Waals surface area contributed by atoms with Crippen molar-refractivity contribution in [2.45, 2.75) is 43.6 Å². The van der Waals surface area contributed by atoms with Crippen LogP contribution in [0, 0.1) is 0 Å². The number of rotatable bonds is 4. The van der Waals surface area contributed by atoms with E-state index in [-0.39, 0.29) is 6.61 Å². The first kappa shape index (κ1) is 18.8. The SMILES string of the molecule is COc1cccc(-c2nc3c(s2)-c2ccc([C@H]4CC[C@](N)(CO)C4)cc2CC3)c1. The molecule has 1 aromatic heterocycles. The molecule has 150 valence electrons. The van der Waals surface area contributed by atoms with Gasteiger partial charge in [-0.15, -0.1) is 11.3 Å². The van der Waals surface area contributed by atoms with Crippen LogP contribution in [0.1, 0.15) is 42.0 Å². The summed E-state index contributed by atoms with van der Waals surface area (Å²) >= 11 is 1.77. The van der Waals surface area contributed by atoms with Crippen LogP contribution in [0.3, 0.4) is 0 Å². The Morgan fingerprint density at radius 3 is 2.93 bits per heavy atom. The van der Waals surface area contributed by atoms with Crippen molar-refractivity contribution in [1.29, 1.82) is 0 Å². The minimum absolute atomic E-state index is 0.0751. The molecule has 1 fully saturated rings. The van der Waals surface area contributed by atoms with Gasteiger partial charge in [-0.25, -0.2) is 4.98 Å². The highest BCUT2D eigenvalue weighted by atomic mass is 32.1. The zero-order chi connectivity index (χ0) is 20.0. The summed E-state index contributed by atoms with van der Waals surface area (Å²) in [5, 5.41) is 10.6. The number of fused-ring (bicyclic) bond motifs is 3. The van der Waals surface area contributed by atoms with Gasteiger partial charge in [-0.3, -0.25) is 0 Å². The molecule has 0 saturated heterocycles. The lowest BCUT2D eigenvalue weighted by Gasteiger charge is -2.22. The Bertz CT molecular complexity index is 1060. The van der Waals surface area contributed by atoms with E-state index < -0.39 is 5.54 Å². The summed E-state index contributed by atoms with van der Waals surface area (Å²) in [5.74, 6) is 1.31. The number of benzene rings is 2. The second kappa shape index (κ2) is 7.24. The zero-order valence-corrected chi connectivity index (χ0v) is 17.5. The predicted molar refractivity (Wildman–Crippen MR) is 118 cm³/mol. The average Bonchev–Trinajstić information content (AvgIpc) is 3.38. The lowest BCUT2D eigenvalue weighted by Crippen LogP contribution is -2.40. The van der Waals surface area contributed by atoms with E-state index in [0.29, 0.717) is 5.92 Å². The summed E-state index contributed by atoms with van der Waals surface area (Å²) in [4.78, 5) is 6.24. The van der Waals surface area contributed by atoms with E-state index in [9.17, 15) is 5.11 Å². The van der Waals surface area contributed by atoms with Crippen molar-refractivity contribution in [3.8, 4) is 26.8 Å². The molecular formula is C24H26N2O2S. The average molecular weight is 407 g/mol. The van der Waals surface area contributed by atoms with Crippen LogP contribution in [-0.2, 0) is 12.8 Å². The van der Waals surface area contributed by atoms with Gasteiger partial charge >= 0.3 is 0 Å². The monoisotopic (exact) mass is 406 g/mol. The molecule has 29 heavy (non-hydrogen) atoms. The molecule has 0 amide bonds. The molecule has 0 spiro atoms. The topological polar surface area (TPSA) is 68.4 Å². The largest absolute Gasteiger partial charge is 0.497 e. The maximum absolute atomic E-state index is 9.58. The molecule has 5 rings (SSSR count). The standard InChI is InChI=1S/C24H26N2O2S/c1-28-19-4-2-3-17(12-19)23-26-21-8-6-16-11-15(5-7-20(16)22(21)29-23)18-9-10-24(25,13-18)14-27/h2-5,7,11-12,18,27H,6,8-10,13-14,25H2,1H3/t18-,24+/m0/s1. The molecule has 1 heterocycles. The number of aryl methyl sites for hydroxylation is 2. The molecule has 2 aromatic carbocycles. The van der Waals surface area contributed by atoms with Crippen molar-refractivity contribution in [3.63, 3.8) is 0 Å². The second-order valence-corrected chi connectivity index (χ2v) is 9.40. The van der Waals surface area contributed by atoms with Crippen molar-refractivity contribution in [2.24, 2.45) is 5.73 Å². The van der Waals surface area contributed by atoms with Crippen molar-refractivity contribution in [1.82, 2.24) is 4.98 Å². The molecule has 3 N–H and O–H groups in total. The van der Waals surface area contributed by atoms with E-state index in [1.54, 1.807) is 18.4 Å². The first-order chi connectivity index (χ1) is 14.1. The quantitative estimate of drug-likeness (QED) is 0.667. The molecular weight excluding hydrogens is 380 g/mol. The number of thiazole rings is 1. The van der Waals surface area contributed by atoms with E-state index >= 15 is 0 Å². The van der Waals surface area contributed by atoms with Crippen LogP contribution >= 0.6 is 11.3 Å². The van der Waals surface area contributed by atoms with Gasteiger partial charge in [-0.2, -0.15) is 0 Å². The summed E-state index contributed by atoms with van der Waals surface area (Å²) < 4.78 is 5.37. The summed E-state index contributed by atoms with van der Waals surface area (Å²) in [6, 6.07) is 15.0. The van der Waals surface area contributed by atoms with Crippen molar-refractivity contribution in [3.05, 3.63) is 59.3 Å². The molecule has 2 aliphatic rings. The van der Waals surface area contributed by atoms with Crippen LogP contribution in [0.4, 0.5) is 0 Å². The molecule has 0 radical (unpaired) electrons. The van der Waals surface area contributed by atoms with E-state index in [0.717, 1.165) is 48.4 Å². The van der Waals surface area contributed by atoms with Crippen molar-refractivity contribution < 1.29 is 9.84 Å². The van der Waals surface area contributed by atoms with Gasteiger partial charge in [-0.05, 0) is 66.8 Å². The number of methoxy groups -OCH3 is 1. The molecule has 3 aromatic rings. The third kappa shape index (κ3) is 3.37. The Hall–Kier alpha value is -2.21. The molecule has 0 bridgehead atoms. The van der Waals surface area contributed by atoms with Gasteiger partial charge < -0.3 is 15.6 Å². The molecule has 1 saturated carbocycles. The third-order valence-electron chi connectivity index (χ3n) is 6.45. The third-order valence-corrected chi connectivity index (χ3v) is 7.63. The molecule has 2 atom stereocenters. The smallest absolute Gasteiger partial charge is 0.124 e. The van der Waals surface area contributed by atoms with Gasteiger partial charge in [0.1, 0.15) is 10.8 Å². The first-order valence-corrected chi connectivity index (χ1v) is 11.1. The van der Waals surface area contributed by atoms with Crippen LogP contribution in [0.5, 0.6) is 5.75 Å². The lowest BCUT2D eigenvalue weighted by molar-refractivity contribution is 0.198. The van der Waals surface area contributed by atoms with Gasteiger partial charge in [0.05, 0.1) is 24.3 Å². The highest BCUT2D eigenvalue weighted by Crippen LogP contribution is 2.44. The summed E-state index contributed by atoms with van der Waals surface area (Å²) in [6.45, 7) is 0.0751. The Balaban J connectivity index is 1.46. The van der Waals surface area contributed by atoms with E-state index in [2.05, 4.69) is 30.3 Å². The summed E-state index contributed by atoms with van der Waals surface area (Å²) in [6.07, 6.45) is 4.83. The summed E-state index contributed by atoms with van der Waals surface area (Å²) in [5.41, 5.74) is 12.3. The van der Waals surface area contributed by atoms with Crippen LogP contribution in [0.2, 0.25) is 0 Å². The number of aliphatic hydroxyl groups excluding tert-OH is 1. The fraction of sp³-hybridized carbons (Fsp3) is 0.375. The number of ether oxygens (including phenoxy) is 1. The van der Waals surface area contributed by atoms with Crippen molar-refractivity contribution >= 4 is 11.3 Å². The fourth-order valence-electron chi connectivity index (χ4n) is 4.74. The fourth-order valence-corrected chi connectivity index (χ4v) is 5.91. The number of nitrogens with two attached hydrogens (primary N) is 1. The van der Waals surface area contributed by atoms with Crippen LogP contribution < -0.4 is 10.5 Å². The summed E-state index contributed by atoms with van der Waals surface area (Å²) in [7, 11) is 1.69. The minimum atomic E-state index is -0.406. The van der Waals surface area contributed by atoms with Crippen LogP contribution in [0.15, 0.2) is 42.5 Å². The van der Waals surface area contributed by atoms with Gasteiger partial charge in [0.15, 0.2) is 0 Å². The first-order valence-electron chi connectivity index (χ1n) is 10.3. The van der Waals surface area contributed by atoms with E-state index in [4.69, 9.17) is 15.5 Å². The zero-order valence-electron chi connectivity index (χ0n) is 16.6. The highest BCUT2D eigenvalue weighted by molar-refractivity contribution is 7.18. The molecule has 2 aliphatic carbocycles. The van der Waals surface area contributed by atoms with Crippen LogP contribution in [-0.4, -0.2) is 29.3 Å². The number of nitrogens with zero attached hydrogens (tertiary/aromatic N) is 1. The second-order valence-electron chi connectivity index (χ2n) is 8.40. The Kier molecular flexibility index (Phi) is 4.69. The Labute approximate surface area is 175 Å². The Morgan fingerprint density at radius 2 is 2.14 bits per heavy atom. The van der Waals surface area contributed by atoms with Gasteiger partial charge in [0.2, 0.25) is 0 Å². The normalized spacial score (nSPS) is 22.9. The molecule has 5 heteroatoms. The maximum Gasteiger partial charge on any atom is 0.124 e. The van der Waals surface area contributed by atoms with Crippen LogP contribution in [0.25, 0.3) is 21.0 Å². The number of aromatic nitrogens is 1. The predicted octanol–water partition coefficient (Wildman–Crippen LogP) is 4.54. The number of aliphatic hydroxyl groups is 1. The van der Waals surface area contributed by atoms with Crippen molar-refractivity contribution in [2.75, 3.05) is 13.7 Å². The Morgan fingerprint density at radius 1 is 1.24 bits per heavy atom. The van der Waals surface area contributed by atoms with E-state index in [1.165, 1.54) is 27.3 Å². The van der Waals surface area contributed by atoms with Gasteiger partial charge in [0.25, 0.3) is 0 Å². The molecule has 0 aliphatic heterocycles. The molecule has 0 unspecified atom stereocenters. The number of hydrogen-bond acceptors (Lipinski definition) is 5. The minimum Gasteiger partial charge on any atom is -0.497 e. The van der Waals surface area contributed by atoms with Gasteiger partial charge in [0, 0.05) is 11.1 Å². The van der Waals surface area contributed by atoms with Gasteiger partial charge in [-0.1, -0.05) is 30.3 Å².